The molecule has 7 heteroatoms. The lowest BCUT2D eigenvalue weighted by Gasteiger charge is -2.19. The van der Waals surface area contributed by atoms with E-state index >= 15 is 0 Å². The lowest BCUT2D eigenvalue weighted by Crippen LogP contribution is -2.37. The number of aryl methyl sites for hydroxylation is 1. The quantitative estimate of drug-likeness (QED) is 0.783. The number of rotatable bonds is 6. The Morgan fingerprint density at radius 1 is 1.24 bits per heavy atom. The van der Waals surface area contributed by atoms with Crippen molar-refractivity contribution in [2.45, 2.75) is 32.4 Å². The van der Waals surface area contributed by atoms with Gasteiger partial charge in [-0.05, 0) is 68.8 Å². The highest BCUT2D eigenvalue weighted by molar-refractivity contribution is 5.99. The number of likely N-dealkylation sites (N-methyl/N-ethyl adjacent to an activating group) is 1. The fourth-order valence-corrected chi connectivity index (χ4v) is 3.46. The molecule has 2 aromatic rings. The second kappa shape index (κ2) is 9.05. The Kier molecular flexibility index (Phi) is 6.49. The number of hydrogen-bond donors (Lipinski definition) is 2. The Hall–Kier alpha value is -2.93. The smallest absolute Gasteiger partial charge is 0.251 e. The van der Waals surface area contributed by atoms with Gasteiger partial charge in [-0.3, -0.25) is 14.5 Å². The standard InChI is InChI=1S/C22H26FN3O3/c1-14-6-8-16(12-18(14)25-22(28)19-5-4-10-26(19)2)21(27)24-13-15-7-9-20(29-3)17(23)11-15/h6-9,11-12,19H,4-5,10,13H2,1-3H3,(H,24,27)(H,25,28)/t19-/m0/s1. The van der Waals surface area contributed by atoms with Crippen molar-refractivity contribution in [2.75, 3.05) is 26.0 Å². The van der Waals surface area contributed by atoms with Crippen LogP contribution in [-0.4, -0.2) is 43.5 Å². The summed E-state index contributed by atoms with van der Waals surface area (Å²) in [7, 11) is 3.34. The molecule has 1 aliphatic heterocycles. The molecule has 1 aliphatic rings. The summed E-state index contributed by atoms with van der Waals surface area (Å²) < 4.78 is 18.7. The van der Waals surface area contributed by atoms with Crippen molar-refractivity contribution >= 4 is 17.5 Å². The van der Waals surface area contributed by atoms with Crippen molar-refractivity contribution in [3.05, 3.63) is 58.9 Å². The van der Waals surface area contributed by atoms with Gasteiger partial charge in [0.05, 0.1) is 13.2 Å². The zero-order valence-electron chi connectivity index (χ0n) is 16.9. The van der Waals surface area contributed by atoms with Crippen molar-refractivity contribution in [1.29, 1.82) is 0 Å². The largest absolute Gasteiger partial charge is 0.494 e. The molecule has 2 amide bonds. The third-order valence-corrected chi connectivity index (χ3v) is 5.25. The molecule has 0 spiro atoms. The number of ether oxygens (including phenoxy) is 1. The Labute approximate surface area is 170 Å². The topological polar surface area (TPSA) is 70.7 Å². The van der Waals surface area contributed by atoms with Gasteiger partial charge in [-0.1, -0.05) is 12.1 Å². The van der Waals surface area contributed by atoms with Gasteiger partial charge in [-0.25, -0.2) is 4.39 Å². The van der Waals surface area contributed by atoms with E-state index in [1.807, 2.05) is 18.9 Å². The van der Waals surface area contributed by atoms with Crippen molar-refractivity contribution in [3.8, 4) is 5.75 Å². The van der Waals surface area contributed by atoms with Crippen molar-refractivity contribution in [1.82, 2.24) is 10.2 Å². The van der Waals surface area contributed by atoms with Crippen LogP contribution in [0.5, 0.6) is 5.75 Å². The van der Waals surface area contributed by atoms with E-state index in [9.17, 15) is 14.0 Å². The van der Waals surface area contributed by atoms with E-state index in [0.29, 0.717) is 16.8 Å². The highest BCUT2D eigenvalue weighted by Crippen LogP contribution is 2.21. The first-order chi connectivity index (χ1) is 13.9. The third-order valence-electron chi connectivity index (χ3n) is 5.25. The van der Waals surface area contributed by atoms with E-state index in [4.69, 9.17) is 4.74 Å². The summed E-state index contributed by atoms with van der Waals surface area (Å²) >= 11 is 0. The fourth-order valence-electron chi connectivity index (χ4n) is 3.46. The first kappa shape index (κ1) is 20.8. The molecule has 1 fully saturated rings. The molecule has 0 aromatic heterocycles. The number of likely N-dealkylation sites (tertiary alicyclic amines) is 1. The SMILES string of the molecule is COc1ccc(CNC(=O)c2ccc(C)c(NC(=O)[C@@H]3CCCN3C)c2)cc1F. The maximum atomic E-state index is 13.8. The van der Waals surface area contributed by atoms with Gasteiger partial charge in [-0.2, -0.15) is 0 Å². The first-order valence-electron chi connectivity index (χ1n) is 9.61. The van der Waals surface area contributed by atoms with Gasteiger partial charge < -0.3 is 15.4 Å². The molecule has 0 saturated carbocycles. The van der Waals surface area contributed by atoms with Crippen LogP contribution >= 0.6 is 0 Å². The predicted molar refractivity (Wildman–Crippen MR) is 110 cm³/mol. The summed E-state index contributed by atoms with van der Waals surface area (Å²) in [6.07, 6.45) is 1.84. The molecular weight excluding hydrogens is 373 g/mol. The van der Waals surface area contributed by atoms with Crippen molar-refractivity contribution < 1.29 is 18.7 Å². The molecule has 1 heterocycles. The average molecular weight is 399 g/mol. The summed E-state index contributed by atoms with van der Waals surface area (Å²) in [6, 6.07) is 9.59. The molecule has 6 nitrogen and oxygen atoms in total. The average Bonchev–Trinajstić information content (AvgIpc) is 3.14. The van der Waals surface area contributed by atoms with Gasteiger partial charge in [0, 0.05) is 17.8 Å². The van der Waals surface area contributed by atoms with E-state index in [2.05, 4.69) is 10.6 Å². The van der Waals surface area contributed by atoms with Gasteiger partial charge in [0.2, 0.25) is 5.91 Å². The molecule has 1 atom stereocenters. The van der Waals surface area contributed by atoms with Gasteiger partial charge in [-0.15, -0.1) is 0 Å². The van der Waals surface area contributed by atoms with E-state index < -0.39 is 5.82 Å². The molecule has 3 rings (SSSR count). The number of amides is 2. The van der Waals surface area contributed by atoms with Crippen LogP contribution in [0.15, 0.2) is 36.4 Å². The number of carbonyl (C=O) groups excluding carboxylic acids is 2. The van der Waals surface area contributed by atoms with Crippen LogP contribution in [0.4, 0.5) is 10.1 Å². The number of halogens is 1. The molecule has 0 radical (unpaired) electrons. The number of anilines is 1. The van der Waals surface area contributed by atoms with Crippen LogP contribution in [-0.2, 0) is 11.3 Å². The van der Waals surface area contributed by atoms with Crippen LogP contribution in [0.3, 0.4) is 0 Å². The highest BCUT2D eigenvalue weighted by Gasteiger charge is 2.28. The molecule has 2 aromatic carbocycles. The second-order valence-electron chi connectivity index (χ2n) is 7.31. The van der Waals surface area contributed by atoms with Gasteiger partial charge in [0.15, 0.2) is 11.6 Å². The van der Waals surface area contributed by atoms with Crippen molar-refractivity contribution in [3.63, 3.8) is 0 Å². The molecule has 0 unspecified atom stereocenters. The Morgan fingerprint density at radius 3 is 2.69 bits per heavy atom. The number of nitrogens with one attached hydrogen (secondary N) is 2. The molecule has 1 saturated heterocycles. The Bertz CT molecular complexity index is 916. The summed E-state index contributed by atoms with van der Waals surface area (Å²) in [6.45, 7) is 2.98. The molecule has 0 bridgehead atoms. The van der Waals surface area contributed by atoms with Crippen molar-refractivity contribution in [2.24, 2.45) is 0 Å². The first-order valence-corrected chi connectivity index (χ1v) is 9.61. The zero-order valence-corrected chi connectivity index (χ0v) is 16.9. The third kappa shape index (κ3) is 4.92. The maximum Gasteiger partial charge on any atom is 0.251 e. The summed E-state index contributed by atoms with van der Waals surface area (Å²) in [5.41, 5.74) is 2.56. The van der Waals surface area contributed by atoms with Crippen LogP contribution in [0.25, 0.3) is 0 Å². The zero-order chi connectivity index (χ0) is 21.0. The highest BCUT2D eigenvalue weighted by atomic mass is 19.1. The van der Waals surface area contributed by atoms with E-state index in [-0.39, 0.29) is 30.2 Å². The van der Waals surface area contributed by atoms with Gasteiger partial charge in [0.25, 0.3) is 5.91 Å². The minimum absolute atomic E-state index is 0.0561. The van der Waals surface area contributed by atoms with Gasteiger partial charge in [0.1, 0.15) is 0 Å². The normalized spacial score (nSPS) is 16.5. The maximum absolute atomic E-state index is 13.8. The number of methoxy groups -OCH3 is 1. The lowest BCUT2D eigenvalue weighted by molar-refractivity contribution is -0.119. The predicted octanol–water partition coefficient (Wildman–Crippen LogP) is 3.11. The molecular formula is C22H26FN3O3. The molecule has 29 heavy (non-hydrogen) atoms. The molecule has 0 aliphatic carbocycles. The summed E-state index contributed by atoms with van der Waals surface area (Å²) in [5, 5.41) is 5.72. The monoisotopic (exact) mass is 399 g/mol. The second-order valence-corrected chi connectivity index (χ2v) is 7.31. The van der Waals surface area contributed by atoms with Crippen LogP contribution < -0.4 is 15.4 Å². The van der Waals surface area contributed by atoms with Gasteiger partial charge >= 0.3 is 0 Å². The van der Waals surface area contributed by atoms with Crippen LogP contribution in [0.2, 0.25) is 0 Å². The number of benzene rings is 2. The fraction of sp³-hybridized carbons (Fsp3) is 0.364. The Balaban J connectivity index is 1.65. The minimum atomic E-state index is -0.475. The summed E-state index contributed by atoms with van der Waals surface area (Å²) in [4.78, 5) is 27.1. The molecule has 2 N–H and O–H groups in total. The van der Waals surface area contributed by atoms with E-state index in [0.717, 1.165) is 24.9 Å². The molecule has 154 valence electrons. The Morgan fingerprint density at radius 2 is 2.03 bits per heavy atom. The van der Waals surface area contributed by atoms with Crippen LogP contribution in [0, 0.1) is 12.7 Å². The lowest BCUT2D eigenvalue weighted by atomic mass is 10.1. The summed E-state index contributed by atoms with van der Waals surface area (Å²) in [5.74, 6) is -0.669. The number of hydrogen-bond acceptors (Lipinski definition) is 4. The minimum Gasteiger partial charge on any atom is -0.494 e. The number of carbonyl (C=O) groups is 2. The van der Waals surface area contributed by atoms with E-state index in [1.54, 1.807) is 24.3 Å². The number of nitrogens with zero attached hydrogens (tertiary/aromatic N) is 1. The van der Waals surface area contributed by atoms with E-state index in [1.165, 1.54) is 19.2 Å². The van der Waals surface area contributed by atoms with Crippen LogP contribution in [0.1, 0.15) is 34.3 Å².